The zero-order valence-electron chi connectivity index (χ0n) is 7.82. The standard InChI is InChI=1S/C11H10O3/c1-7-9-5-3-4-6-10(9)14-11(7)13-8(2)12/h3-6,11H,1H2,2H3. The predicted octanol–water partition coefficient (Wildman–Crippen LogP) is 1.98. The van der Waals surface area contributed by atoms with E-state index in [4.69, 9.17) is 9.47 Å². The Morgan fingerprint density at radius 3 is 2.86 bits per heavy atom. The average Bonchev–Trinajstić information content (AvgIpc) is 2.44. The summed E-state index contributed by atoms with van der Waals surface area (Å²) >= 11 is 0. The number of rotatable bonds is 1. The van der Waals surface area contributed by atoms with E-state index in [-0.39, 0.29) is 5.97 Å². The Labute approximate surface area is 81.9 Å². The normalized spacial score (nSPS) is 18.6. The van der Waals surface area contributed by atoms with Gasteiger partial charge in [0, 0.05) is 18.1 Å². The maximum Gasteiger partial charge on any atom is 0.305 e. The summed E-state index contributed by atoms with van der Waals surface area (Å²) in [6, 6.07) is 7.47. The molecule has 0 fully saturated rings. The molecule has 0 N–H and O–H groups in total. The number of ether oxygens (including phenoxy) is 2. The predicted molar refractivity (Wildman–Crippen MR) is 51.7 cm³/mol. The molecule has 0 saturated carbocycles. The van der Waals surface area contributed by atoms with Crippen molar-refractivity contribution in [1.82, 2.24) is 0 Å². The summed E-state index contributed by atoms with van der Waals surface area (Å²) in [5, 5.41) is 0. The van der Waals surface area contributed by atoms with Gasteiger partial charge in [0.2, 0.25) is 0 Å². The Morgan fingerprint density at radius 1 is 1.50 bits per heavy atom. The van der Waals surface area contributed by atoms with Crippen molar-refractivity contribution < 1.29 is 14.3 Å². The molecule has 0 saturated heterocycles. The minimum absolute atomic E-state index is 0.371. The molecule has 0 spiro atoms. The monoisotopic (exact) mass is 190 g/mol. The summed E-state index contributed by atoms with van der Waals surface area (Å²) in [5.41, 5.74) is 1.59. The number of benzene rings is 1. The fourth-order valence-electron chi connectivity index (χ4n) is 1.39. The third kappa shape index (κ3) is 1.37. The Balaban J connectivity index is 2.26. The molecule has 2 rings (SSSR count). The van der Waals surface area contributed by atoms with Crippen LogP contribution in [0.2, 0.25) is 0 Å². The molecular weight excluding hydrogens is 180 g/mol. The maximum absolute atomic E-state index is 10.8. The van der Waals surface area contributed by atoms with Crippen LogP contribution >= 0.6 is 0 Å². The molecule has 72 valence electrons. The lowest BCUT2D eigenvalue weighted by atomic mass is 10.1. The number of carbonyl (C=O) groups excluding carboxylic acids is 1. The maximum atomic E-state index is 10.8. The molecule has 1 aromatic carbocycles. The van der Waals surface area contributed by atoms with E-state index in [9.17, 15) is 4.79 Å². The zero-order chi connectivity index (χ0) is 10.1. The van der Waals surface area contributed by atoms with Crippen molar-refractivity contribution in [3.63, 3.8) is 0 Å². The van der Waals surface area contributed by atoms with E-state index in [2.05, 4.69) is 6.58 Å². The van der Waals surface area contributed by atoms with Crippen molar-refractivity contribution in [2.75, 3.05) is 0 Å². The number of hydrogen-bond acceptors (Lipinski definition) is 3. The molecule has 1 atom stereocenters. The second-order valence-corrected chi connectivity index (χ2v) is 3.08. The van der Waals surface area contributed by atoms with Gasteiger partial charge in [0.1, 0.15) is 5.75 Å². The molecule has 1 heterocycles. The van der Waals surface area contributed by atoms with Gasteiger partial charge in [-0.05, 0) is 6.07 Å². The molecule has 0 radical (unpaired) electrons. The Morgan fingerprint density at radius 2 is 2.21 bits per heavy atom. The smallest absolute Gasteiger partial charge is 0.305 e. The van der Waals surface area contributed by atoms with Gasteiger partial charge in [0.05, 0.1) is 0 Å². The van der Waals surface area contributed by atoms with Crippen molar-refractivity contribution >= 4 is 11.5 Å². The number of hydrogen-bond donors (Lipinski definition) is 0. The molecule has 1 aliphatic heterocycles. The van der Waals surface area contributed by atoms with E-state index in [0.29, 0.717) is 11.3 Å². The van der Waals surface area contributed by atoms with E-state index in [1.165, 1.54) is 6.92 Å². The van der Waals surface area contributed by atoms with Gasteiger partial charge in [-0.1, -0.05) is 24.8 Å². The van der Waals surface area contributed by atoms with E-state index in [1.807, 2.05) is 24.3 Å². The molecule has 14 heavy (non-hydrogen) atoms. The number of para-hydroxylation sites is 1. The lowest BCUT2D eigenvalue weighted by Gasteiger charge is -2.10. The van der Waals surface area contributed by atoms with E-state index in [0.717, 1.165) is 5.56 Å². The first kappa shape index (κ1) is 8.81. The van der Waals surface area contributed by atoms with Gasteiger partial charge in [0.25, 0.3) is 6.29 Å². The fraction of sp³-hybridized carbons (Fsp3) is 0.182. The topological polar surface area (TPSA) is 35.5 Å². The minimum atomic E-state index is -0.662. The molecule has 1 unspecified atom stereocenters. The summed E-state index contributed by atoms with van der Waals surface area (Å²) < 4.78 is 10.3. The van der Waals surface area contributed by atoms with Crippen LogP contribution in [0, 0.1) is 0 Å². The molecule has 0 bridgehead atoms. The third-order valence-electron chi connectivity index (χ3n) is 2.02. The van der Waals surface area contributed by atoms with Crippen molar-refractivity contribution in [2.24, 2.45) is 0 Å². The van der Waals surface area contributed by atoms with Crippen LogP contribution in [0.25, 0.3) is 5.57 Å². The highest BCUT2D eigenvalue weighted by atomic mass is 16.7. The van der Waals surface area contributed by atoms with Gasteiger partial charge in [0.15, 0.2) is 0 Å². The summed E-state index contributed by atoms with van der Waals surface area (Å²) in [5.74, 6) is 0.340. The van der Waals surface area contributed by atoms with Gasteiger partial charge >= 0.3 is 5.97 Å². The average molecular weight is 190 g/mol. The van der Waals surface area contributed by atoms with Gasteiger partial charge in [-0.3, -0.25) is 4.79 Å². The van der Waals surface area contributed by atoms with Gasteiger partial charge < -0.3 is 9.47 Å². The summed E-state index contributed by atoms with van der Waals surface area (Å²) in [6.45, 7) is 5.17. The van der Waals surface area contributed by atoms with Crippen LogP contribution < -0.4 is 4.74 Å². The summed E-state index contributed by atoms with van der Waals surface area (Å²) in [4.78, 5) is 10.8. The van der Waals surface area contributed by atoms with Crippen LogP contribution in [0.5, 0.6) is 5.75 Å². The van der Waals surface area contributed by atoms with Crippen molar-refractivity contribution in [3.8, 4) is 5.75 Å². The summed E-state index contributed by atoms with van der Waals surface area (Å²) in [6.07, 6.45) is -0.662. The summed E-state index contributed by atoms with van der Waals surface area (Å²) in [7, 11) is 0. The molecule has 1 aromatic rings. The first-order chi connectivity index (χ1) is 6.68. The molecule has 3 nitrogen and oxygen atoms in total. The quantitative estimate of drug-likeness (QED) is 0.635. The highest BCUT2D eigenvalue weighted by Crippen LogP contribution is 2.36. The number of fused-ring (bicyclic) bond motifs is 1. The number of carbonyl (C=O) groups is 1. The largest absolute Gasteiger partial charge is 0.450 e. The second-order valence-electron chi connectivity index (χ2n) is 3.08. The zero-order valence-corrected chi connectivity index (χ0v) is 7.82. The SMILES string of the molecule is C=C1c2ccccc2OC1OC(C)=O. The van der Waals surface area contributed by atoms with Crippen molar-refractivity contribution in [2.45, 2.75) is 13.2 Å². The van der Waals surface area contributed by atoms with Gasteiger partial charge in [-0.15, -0.1) is 0 Å². The molecule has 0 aliphatic carbocycles. The van der Waals surface area contributed by atoms with E-state index >= 15 is 0 Å². The third-order valence-corrected chi connectivity index (χ3v) is 2.02. The first-order valence-electron chi connectivity index (χ1n) is 4.30. The van der Waals surface area contributed by atoms with Crippen LogP contribution in [0.3, 0.4) is 0 Å². The molecular formula is C11H10O3. The minimum Gasteiger partial charge on any atom is -0.450 e. The van der Waals surface area contributed by atoms with Crippen LogP contribution in [-0.4, -0.2) is 12.3 Å². The second kappa shape index (κ2) is 3.18. The van der Waals surface area contributed by atoms with Crippen LogP contribution in [-0.2, 0) is 9.53 Å². The lowest BCUT2D eigenvalue weighted by molar-refractivity contribution is -0.152. The van der Waals surface area contributed by atoms with Gasteiger partial charge in [-0.25, -0.2) is 0 Å². The Kier molecular flexibility index (Phi) is 2.00. The van der Waals surface area contributed by atoms with E-state index < -0.39 is 6.29 Å². The van der Waals surface area contributed by atoms with E-state index in [1.54, 1.807) is 0 Å². The molecule has 3 heteroatoms. The van der Waals surface area contributed by atoms with Gasteiger partial charge in [-0.2, -0.15) is 0 Å². The highest BCUT2D eigenvalue weighted by molar-refractivity contribution is 5.77. The van der Waals surface area contributed by atoms with Crippen molar-refractivity contribution in [1.29, 1.82) is 0 Å². The number of esters is 1. The Bertz CT molecular complexity index is 395. The highest BCUT2D eigenvalue weighted by Gasteiger charge is 2.28. The molecule has 1 aliphatic rings. The first-order valence-corrected chi connectivity index (χ1v) is 4.30. The molecule has 0 amide bonds. The van der Waals surface area contributed by atoms with Crippen molar-refractivity contribution in [3.05, 3.63) is 36.4 Å². The fourth-order valence-corrected chi connectivity index (χ4v) is 1.39. The Hall–Kier alpha value is -1.77. The van der Waals surface area contributed by atoms with Crippen LogP contribution in [0.15, 0.2) is 30.8 Å². The lowest BCUT2D eigenvalue weighted by Crippen LogP contribution is -2.19. The molecule has 0 aromatic heterocycles. The van der Waals surface area contributed by atoms with Crippen LogP contribution in [0.4, 0.5) is 0 Å². The van der Waals surface area contributed by atoms with Crippen LogP contribution in [0.1, 0.15) is 12.5 Å².